The first kappa shape index (κ1) is 14.1. The van der Waals surface area contributed by atoms with Crippen molar-refractivity contribution in [1.29, 1.82) is 0 Å². The van der Waals surface area contributed by atoms with Crippen LogP contribution in [0, 0.1) is 0 Å². The molecule has 0 unspecified atom stereocenters. The van der Waals surface area contributed by atoms with Crippen molar-refractivity contribution in [3.05, 3.63) is 22.8 Å². The van der Waals surface area contributed by atoms with Gasteiger partial charge >= 0.3 is 0 Å². The van der Waals surface area contributed by atoms with Crippen molar-refractivity contribution >= 4 is 17.4 Å². The third-order valence-electron chi connectivity index (χ3n) is 4.00. The summed E-state index contributed by atoms with van der Waals surface area (Å²) in [7, 11) is 0. The summed E-state index contributed by atoms with van der Waals surface area (Å²) in [5, 5.41) is 4.25. The molecule has 5 heteroatoms. The molecule has 3 rings (SSSR count). The lowest BCUT2D eigenvalue weighted by molar-refractivity contribution is 0.0639. The Morgan fingerprint density at radius 1 is 1.50 bits per heavy atom. The van der Waals surface area contributed by atoms with E-state index in [2.05, 4.69) is 35.1 Å². The molecule has 1 aromatic rings. The van der Waals surface area contributed by atoms with Crippen molar-refractivity contribution in [2.75, 3.05) is 24.7 Å². The first-order valence-electron chi connectivity index (χ1n) is 7.29. The topological polar surface area (TPSA) is 37.4 Å². The summed E-state index contributed by atoms with van der Waals surface area (Å²) in [6, 6.07) is 2.80. The molecule has 0 spiro atoms. The summed E-state index contributed by atoms with van der Waals surface area (Å²) in [5.74, 6) is 0.996. The minimum absolute atomic E-state index is 0.0275. The second kappa shape index (κ2) is 5.51. The van der Waals surface area contributed by atoms with Crippen LogP contribution in [-0.2, 0) is 11.3 Å². The molecular formula is C15H22ClN3O. The van der Waals surface area contributed by atoms with Gasteiger partial charge in [0.1, 0.15) is 5.82 Å². The second-order valence-corrected chi connectivity index (χ2v) is 6.71. The SMILES string of the molecule is CC1(C)COCCN1c1cc(CNC2CC2)c(Cl)cn1. The Morgan fingerprint density at radius 3 is 3.00 bits per heavy atom. The van der Waals surface area contributed by atoms with E-state index < -0.39 is 0 Å². The lowest BCUT2D eigenvalue weighted by Gasteiger charge is -2.43. The van der Waals surface area contributed by atoms with Gasteiger partial charge in [-0.2, -0.15) is 0 Å². The summed E-state index contributed by atoms with van der Waals surface area (Å²) in [6.07, 6.45) is 4.34. The van der Waals surface area contributed by atoms with Crippen LogP contribution in [0.4, 0.5) is 5.82 Å². The number of aromatic nitrogens is 1. The summed E-state index contributed by atoms with van der Waals surface area (Å²) >= 11 is 6.26. The van der Waals surface area contributed by atoms with E-state index in [-0.39, 0.29) is 5.54 Å². The monoisotopic (exact) mass is 295 g/mol. The number of pyridine rings is 1. The fraction of sp³-hybridized carbons (Fsp3) is 0.667. The van der Waals surface area contributed by atoms with Crippen LogP contribution in [-0.4, -0.2) is 36.3 Å². The van der Waals surface area contributed by atoms with E-state index >= 15 is 0 Å². The Labute approximate surface area is 125 Å². The molecule has 0 aromatic carbocycles. The quantitative estimate of drug-likeness (QED) is 0.926. The number of ether oxygens (including phenoxy) is 1. The van der Waals surface area contributed by atoms with Gasteiger partial charge in [0.2, 0.25) is 0 Å². The lowest BCUT2D eigenvalue weighted by Crippen LogP contribution is -2.53. The van der Waals surface area contributed by atoms with Crippen LogP contribution < -0.4 is 10.2 Å². The molecule has 1 aromatic heterocycles. The van der Waals surface area contributed by atoms with Crippen LogP contribution >= 0.6 is 11.6 Å². The summed E-state index contributed by atoms with van der Waals surface area (Å²) in [6.45, 7) is 7.55. The van der Waals surface area contributed by atoms with Gasteiger partial charge in [0.15, 0.2) is 0 Å². The molecule has 1 N–H and O–H groups in total. The predicted molar refractivity (Wildman–Crippen MR) is 81.4 cm³/mol. The predicted octanol–water partition coefficient (Wildman–Crippen LogP) is 2.60. The van der Waals surface area contributed by atoms with E-state index in [4.69, 9.17) is 16.3 Å². The first-order valence-corrected chi connectivity index (χ1v) is 7.67. The molecule has 0 atom stereocenters. The van der Waals surface area contributed by atoms with Crippen LogP contribution in [0.1, 0.15) is 32.3 Å². The zero-order valence-electron chi connectivity index (χ0n) is 12.2. The minimum Gasteiger partial charge on any atom is -0.377 e. The standard InChI is InChI=1S/C15H22ClN3O/c1-15(2)10-20-6-5-19(15)14-7-11(13(16)9-18-14)8-17-12-3-4-12/h7,9,12,17H,3-6,8,10H2,1-2H3. The highest BCUT2D eigenvalue weighted by Crippen LogP contribution is 2.28. The molecule has 0 radical (unpaired) electrons. The van der Waals surface area contributed by atoms with Gasteiger partial charge in [-0.15, -0.1) is 0 Å². The Bertz CT molecular complexity index is 488. The van der Waals surface area contributed by atoms with Gasteiger partial charge in [-0.25, -0.2) is 4.98 Å². The van der Waals surface area contributed by atoms with Crippen LogP contribution in [0.15, 0.2) is 12.3 Å². The Kier molecular flexibility index (Phi) is 3.89. The van der Waals surface area contributed by atoms with Crippen LogP contribution in [0.3, 0.4) is 0 Å². The maximum atomic E-state index is 6.26. The van der Waals surface area contributed by atoms with E-state index in [1.807, 2.05) is 0 Å². The molecule has 2 heterocycles. The highest BCUT2D eigenvalue weighted by Gasteiger charge is 2.31. The minimum atomic E-state index is -0.0275. The van der Waals surface area contributed by atoms with E-state index in [0.29, 0.717) is 6.04 Å². The van der Waals surface area contributed by atoms with E-state index in [9.17, 15) is 0 Å². The average molecular weight is 296 g/mol. The van der Waals surface area contributed by atoms with E-state index in [0.717, 1.165) is 42.7 Å². The largest absolute Gasteiger partial charge is 0.377 e. The van der Waals surface area contributed by atoms with E-state index in [1.165, 1.54) is 12.8 Å². The number of halogens is 1. The van der Waals surface area contributed by atoms with Crippen molar-refractivity contribution in [2.24, 2.45) is 0 Å². The molecule has 1 aliphatic carbocycles. The maximum Gasteiger partial charge on any atom is 0.129 e. The zero-order chi connectivity index (χ0) is 14.2. The number of morpholine rings is 1. The molecule has 1 saturated heterocycles. The number of hydrogen-bond donors (Lipinski definition) is 1. The molecule has 1 aliphatic heterocycles. The molecular weight excluding hydrogens is 274 g/mol. The maximum absolute atomic E-state index is 6.26. The van der Waals surface area contributed by atoms with Gasteiger partial charge in [0, 0.05) is 25.3 Å². The van der Waals surface area contributed by atoms with Crippen molar-refractivity contribution in [3.63, 3.8) is 0 Å². The van der Waals surface area contributed by atoms with Gasteiger partial charge in [-0.05, 0) is 38.3 Å². The van der Waals surface area contributed by atoms with E-state index in [1.54, 1.807) is 6.20 Å². The Morgan fingerprint density at radius 2 is 2.30 bits per heavy atom. The molecule has 2 fully saturated rings. The molecule has 4 nitrogen and oxygen atoms in total. The second-order valence-electron chi connectivity index (χ2n) is 6.31. The molecule has 2 aliphatic rings. The van der Waals surface area contributed by atoms with Crippen molar-refractivity contribution in [3.8, 4) is 0 Å². The Balaban J connectivity index is 1.79. The number of nitrogens with zero attached hydrogens (tertiary/aromatic N) is 2. The lowest BCUT2D eigenvalue weighted by atomic mass is 10.0. The van der Waals surface area contributed by atoms with Gasteiger partial charge in [0.25, 0.3) is 0 Å². The molecule has 1 saturated carbocycles. The molecule has 0 bridgehead atoms. The third-order valence-corrected chi connectivity index (χ3v) is 4.34. The van der Waals surface area contributed by atoms with Gasteiger partial charge in [-0.1, -0.05) is 11.6 Å². The molecule has 0 amide bonds. The fourth-order valence-corrected chi connectivity index (χ4v) is 2.75. The number of hydrogen-bond acceptors (Lipinski definition) is 4. The Hall–Kier alpha value is -0.840. The van der Waals surface area contributed by atoms with Gasteiger partial charge in [-0.3, -0.25) is 0 Å². The molecule has 110 valence electrons. The van der Waals surface area contributed by atoms with Crippen LogP contribution in [0.25, 0.3) is 0 Å². The fourth-order valence-electron chi connectivity index (χ4n) is 2.58. The summed E-state index contributed by atoms with van der Waals surface area (Å²) in [5.41, 5.74) is 1.10. The third kappa shape index (κ3) is 3.08. The van der Waals surface area contributed by atoms with Crippen LogP contribution in [0.2, 0.25) is 5.02 Å². The highest BCUT2D eigenvalue weighted by atomic mass is 35.5. The van der Waals surface area contributed by atoms with Crippen molar-refractivity contribution in [1.82, 2.24) is 10.3 Å². The number of rotatable bonds is 4. The van der Waals surface area contributed by atoms with Crippen molar-refractivity contribution in [2.45, 2.75) is 44.8 Å². The van der Waals surface area contributed by atoms with Gasteiger partial charge in [0.05, 0.1) is 23.8 Å². The number of nitrogens with one attached hydrogen (secondary N) is 1. The normalized spacial score (nSPS) is 22.1. The molecule has 20 heavy (non-hydrogen) atoms. The summed E-state index contributed by atoms with van der Waals surface area (Å²) in [4.78, 5) is 6.82. The van der Waals surface area contributed by atoms with Gasteiger partial charge < -0.3 is 15.0 Å². The average Bonchev–Trinajstić information content (AvgIpc) is 3.22. The summed E-state index contributed by atoms with van der Waals surface area (Å²) < 4.78 is 5.57. The smallest absolute Gasteiger partial charge is 0.129 e. The van der Waals surface area contributed by atoms with Crippen molar-refractivity contribution < 1.29 is 4.74 Å². The van der Waals surface area contributed by atoms with Crippen LogP contribution in [0.5, 0.6) is 0 Å². The zero-order valence-corrected chi connectivity index (χ0v) is 12.9. The first-order chi connectivity index (χ1) is 9.56. The highest BCUT2D eigenvalue weighted by molar-refractivity contribution is 6.31. The number of anilines is 1.